The van der Waals surface area contributed by atoms with Gasteiger partial charge in [-0.1, -0.05) is 5.92 Å². The number of hydrogen-bond donors (Lipinski definition) is 0. The first-order chi connectivity index (χ1) is 9.36. The Morgan fingerprint density at radius 2 is 2.15 bits per heavy atom. The number of alkyl halides is 4. The maximum Gasteiger partial charge on any atom is 0.340 e. The van der Waals surface area contributed by atoms with Crippen LogP contribution in [0.5, 0.6) is 5.88 Å². The number of hydrogen-bond acceptors (Lipinski definition) is 4. The summed E-state index contributed by atoms with van der Waals surface area (Å²) in [4.78, 5) is 14.8. The van der Waals surface area contributed by atoms with Crippen molar-refractivity contribution in [3.63, 3.8) is 0 Å². The molecule has 0 radical (unpaired) electrons. The summed E-state index contributed by atoms with van der Waals surface area (Å²) in [5.41, 5.74) is 0.0215. The zero-order valence-electron chi connectivity index (χ0n) is 9.98. The van der Waals surface area contributed by atoms with E-state index >= 15 is 0 Å². The standard InChI is InChI=1S/C12H9F4NO3/c1-2-5-19-10(18)8-3-4-9(17-6-8)20-7-12(15,16)11(13)14/h1,3-4,6,11H,5,7H2. The van der Waals surface area contributed by atoms with Gasteiger partial charge in [0.25, 0.3) is 0 Å². The highest BCUT2D eigenvalue weighted by Crippen LogP contribution is 2.23. The molecule has 0 saturated heterocycles. The number of nitrogens with zero attached hydrogens (tertiary/aromatic N) is 1. The SMILES string of the molecule is C#CCOC(=O)c1ccc(OCC(F)(F)C(F)F)nc1. The molecule has 0 fully saturated rings. The van der Waals surface area contributed by atoms with Gasteiger partial charge in [-0.25, -0.2) is 18.6 Å². The van der Waals surface area contributed by atoms with Crippen LogP contribution in [-0.4, -0.2) is 36.5 Å². The Morgan fingerprint density at radius 1 is 1.45 bits per heavy atom. The van der Waals surface area contributed by atoms with Crippen LogP contribution < -0.4 is 4.74 Å². The molecule has 0 amide bonds. The predicted molar refractivity (Wildman–Crippen MR) is 59.8 cm³/mol. The van der Waals surface area contributed by atoms with Crippen LogP contribution in [0.25, 0.3) is 0 Å². The number of ether oxygens (including phenoxy) is 2. The highest BCUT2D eigenvalue weighted by Gasteiger charge is 2.41. The Morgan fingerprint density at radius 3 is 2.65 bits per heavy atom. The molecule has 0 N–H and O–H groups in total. The van der Waals surface area contributed by atoms with Gasteiger partial charge in [0, 0.05) is 12.3 Å². The summed E-state index contributed by atoms with van der Waals surface area (Å²) in [5.74, 6) is -3.26. The average Bonchev–Trinajstić information content (AvgIpc) is 2.43. The van der Waals surface area contributed by atoms with E-state index < -0.39 is 24.9 Å². The highest BCUT2D eigenvalue weighted by molar-refractivity contribution is 5.89. The monoisotopic (exact) mass is 291 g/mol. The van der Waals surface area contributed by atoms with Crippen molar-refractivity contribution in [2.45, 2.75) is 12.3 Å². The summed E-state index contributed by atoms with van der Waals surface area (Å²) in [5, 5.41) is 0. The van der Waals surface area contributed by atoms with E-state index in [1.54, 1.807) is 0 Å². The van der Waals surface area contributed by atoms with E-state index in [4.69, 9.17) is 6.42 Å². The van der Waals surface area contributed by atoms with E-state index in [0.29, 0.717) is 0 Å². The Balaban J connectivity index is 2.59. The van der Waals surface area contributed by atoms with Crippen LogP contribution in [0, 0.1) is 12.3 Å². The van der Waals surface area contributed by atoms with Crippen LogP contribution >= 0.6 is 0 Å². The number of esters is 1. The fraction of sp³-hybridized carbons (Fsp3) is 0.333. The van der Waals surface area contributed by atoms with Gasteiger partial charge in [-0.05, 0) is 6.07 Å². The zero-order chi connectivity index (χ0) is 15.2. The Bertz CT molecular complexity index is 496. The molecule has 4 nitrogen and oxygen atoms in total. The summed E-state index contributed by atoms with van der Waals surface area (Å²) in [6.45, 7) is -1.74. The minimum absolute atomic E-state index is 0.0215. The smallest absolute Gasteiger partial charge is 0.340 e. The van der Waals surface area contributed by atoms with Crippen molar-refractivity contribution in [3.8, 4) is 18.2 Å². The molecular formula is C12H9F4NO3. The minimum atomic E-state index is -4.27. The van der Waals surface area contributed by atoms with Gasteiger partial charge >= 0.3 is 18.3 Å². The Hall–Kier alpha value is -2.30. The van der Waals surface area contributed by atoms with Crippen molar-refractivity contribution < 1.29 is 31.8 Å². The van der Waals surface area contributed by atoms with Crippen molar-refractivity contribution in [1.82, 2.24) is 4.98 Å². The largest absolute Gasteiger partial charge is 0.471 e. The van der Waals surface area contributed by atoms with Gasteiger partial charge in [0.2, 0.25) is 5.88 Å². The van der Waals surface area contributed by atoms with Crippen LogP contribution in [0.3, 0.4) is 0 Å². The topological polar surface area (TPSA) is 48.4 Å². The summed E-state index contributed by atoms with van der Waals surface area (Å²) in [7, 11) is 0. The molecule has 0 atom stereocenters. The lowest BCUT2D eigenvalue weighted by atomic mass is 10.3. The van der Waals surface area contributed by atoms with Crippen molar-refractivity contribution in [2.75, 3.05) is 13.2 Å². The molecule has 0 aromatic carbocycles. The molecule has 1 aromatic heterocycles. The van der Waals surface area contributed by atoms with Gasteiger partial charge < -0.3 is 9.47 Å². The summed E-state index contributed by atoms with van der Waals surface area (Å²) in [6, 6.07) is 2.26. The molecule has 8 heteroatoms. The molecule has 1 rings (SSSR count). The van der Waals surface area contributed by atoms with Gasteiger partial charge in [-0.2, -0.15) is 8.78 Å². The fourth-order valence-corrected chi connectivity index (χ4v) is 1.01. The van der Waals surface area contributed by atoms with Crippen LogP contribution in [0.2, 0.25) is 0 Å². The fourth-order valence-electron chi connectivity index (χ4n) is 1.01. The molecule has 0 unspecified atom stereocenters. The molecule has 0 spiro atoms. The Kier molecular flexibility index (Phi) is 5.32. The predicted octanol–water partition coefficient (Wildman–Crippen LogP) is 2.15. The first-order valence-electron chi connectivity index (χ1n) is 5.22. The van der Waals surface area contributed by atoms with Gasteiger partial charge in [0.1, 0.15) is 0 Å². The first kappa shape index (κ1) is 15.8. The first-order valence-corrected chi connectivity index (χ1v) is 5.22. The molecule has 1 aromatic rings. The van der Waals surface area contributed by atoms with Crippen molar-refractivity contribution >= 4 is 5.97 Å². The van der Waals surface area contributed by atoms with Crippen molar-refractivity contribution in [2.24, 2.45) is 0 Å². The second-order valence-corrected chi connectivity index (χ2v) is 3.52. The van der Waals surface area contributed by atoms with Crippen molar-refractivity contribution in [1.29, 1.82) is 0 Å². The molecule has 1 heterocycles. The van der Waals surface area contributed by atoms with E-state index in [1.807, 2.05) is 0 Å². The minimum Gasteiger partial charge on any atom is -0.471 e. The van der Waals surface area contributed by atoms with Gasteiger partial charge in [0.15, 0.2) is 13.2 Å². The van der Waals surface area contributed by atoms with Crippen LogP contribution in [0.4, 0.5) is 17.6 Å². The third kappa shape index (κ3) is 4.42. The van der Waals surface area contributed by atoms with Crippen LogP contribution in [0.1, 0.15) is 10.4 Å². The average molecular weight is 291 g/mol. The molecule has 20 heavy (non-hydrogen) atoms. The van der Waals surface area contributed by atoms with Crippen molar-refractivity contribution in [3.05, 3.63) is 23.9 Å². The van der Waals surface area contributed by atoms with E-state index in [-0.39, 0.29) is 18.1 Å². The number of aromatic nitrogens is 1. The summed E-state index contributed by atoms with van der Waals surface area (Å²) >= 11 is 0. The Labute approximate surface area is 111 Å². The lowest BCUT2D eigenvalue weighted by Gasteiger charge is -2.15. The normalized spacial score (nSPS) is 11.0. The second-order valence-electron chi connectivity index (χ2n) is 3.52. The third-order valence-electron chi connectivity index (χ3n) is 1.99. The quantitative estimate of drug-likeness (QED) is 0.458. The van der Waals surface area contributed by atoms with Crippen LogP contribution in [0.15, 0.2) is 18.3 Å². The molecule has 108 valence electrons. The van der Waals surface area contributed by atoms with E-state index in [2.05, 4.69) is 20.4 Å². The van der Waals surface area contributed by atoms with E-state index in [0.717, 1.165) is 12.3 Å². The lowest BCUT2D eigenvalue weighted by molar-refractivity contribution is -0.148. The third-order valence-corrected chi connectivity index (χ3v) is 1.99. The zero-order valence-corrected chi connectivity index (χ0v) is 9.98. The number of terminal acetylenes is 1. The number of rotatable bonds is 6. The van der Waals surface area contributed by atoms with Gasteiger partial charge in [0.05, 0.1) is 5.56 Å². The molecule has 0 bridgehead atoms. The lowest BCUT2D eigenvalue weighted by Crippen LogP contribution is -2.33. The summed E-state index contributed by atoms with van der Waals surface area (Å²) in [6.07, 6.45) is 2.05. The molecular weight excluding hydrogens is 282 g/mol. The summed E-state index contributed by atoms with van der Waals surface area (Å²) < 4.78 is 57.9. The number of carbonyl (C=O) groups is 1. The number of pyridine rings is 1. The van der Waals surface area contributed by atoms with Gasteiger partial charge in [-0.3, -0.25) is 0 Å². The maximum atomic E-state index is 12.6. The second kappa shape index (κ2) is 6.75. The van der Waals surface area contributed by atoms with E-state index in [1.165, 1.54) is 6.07 Å². The number of halogens is 4. The molecule has 0 saturated carbocycles. The number of carbonyl (C=O) groups excluding carboxylic acids is 1. The maximum absolute atomic E-state index is 12.6. The highest BCUT2D eigenvalue weighted by atomic mass is 19.3. The van der Waals surface area contributed by atoms with Crippen LogP contribution in [-0.2, 0) is 4.74 Å². The van der Waals surface area contributed by atoms with Gasteiger partial charge in [-0.15, -0.1) is 6.42 Å². The molecule has 0 aliphatic heterocycles. The molecule has 0 aliphatic rings. The molecule has 0 aliphatic carbocycles. The van der Waals surface area contributed by atoms with E-state index in [9.17, 15) is 22.4 Å².